The van der Waals surface area contributed by atoms with Crippen LogP contribution in [-0.2, 0) is 9.84 Å². The monoisotopic (exact) mass is 319 g/mol. The van der Waals surface area contributed by atoms with Gasteiger partial charge < -0.3 is 16.4 Å². The van der Waals surface area contributed by atoms with E-state index in [1.165, 1.54) is 0 Å². The summed E-state index contributed by atoms with van der Waals surface area (Å²) in [6.07, 6.45) is 1.99. The molecule has 0 aliphatic heterocycles. The summed E-state index contributed by atoms with van der Waals surface area (Å²) in [5.74, 6) is -0.215. The van der Waals surface area contributed by atoms with Crippen molar-refractivity contribution in [2.75, 3.05) is 30.5 Å². The lowest BCUT2D eigenvalue weighted by Gasteiger charge is -2.19. The molecule has 0 aliphatic rings. The van der Waals surface area contributed by atoms with E-state index in [-0.39, 0.29) is 15.5 Å². The molecule has 0 bridgehead atoms. The molecule has 0 radical (unpaired) electrons. The second kappa shape index (κ2) is 6.01. The summed E-state index contributed by atoms with van der Waals surface area (Å²) in [5.41, 5.74) is 11.0. The summed E-state index contributed by atoms with van der Waals surface area (Å²) in [6.45, 7) is 4.85. The number of sulfone groups is 1. The van der Waals surface area contributed by atoms with Gasteiger partial charge in [-0.25, -0.2) is 8.42 Å². The summed E-state index contributed by atoms with van der Waals surface area (Å²) in [6, 6.07) is 0. The fourth-order valence-electron chi connectivity index (χ4n) is 1.76. The van der Waals surface area contributed by atoms with Crippen LogP contribution in [0.4, 0.5) is 10.7 Å². The van der Waals surface area contributed by atoms with Crippen LogP contribution in [0.2, 0.25) is 0 Å². The summed E-state index contributed by atoms with van der Waals surface area (Å²) in [7, 11) is -1.74. The molecule has 114 valence electrons. The highest BCUT2D eigenvalue weighted by Gasteiger charge is 2.27. The third-order valence-electron chi connectivity index (χ3n) is 2.87. The number of carbonyl (C=O) groups is 1. The molecule has 20 heavy (non-hydrogen) atoms. The number of nitrogen functional groups attached to an aromatic ring is 1. The Morgan fingerprint density at radius 2 is 1.95 bits per heavy atom. The number of hydrogen-bond donors (Lipinski definition) is 2. The first-order valence-corrected chi connectivity index (χ1v) is 8.89. The Labute approximate surface area is 123 Å². The van der Waals surface area contributed by atoms with Crippen LogP contribution in [0.5, 0.6) is 0 Å². The normalized spacial score (nSPS) is 11.8. The molecule has 1 amide bonds. The molecule has 0 unspecified atom stereocenters. The highest BCUT2D eigenvalue weighted by Crippen LogP contribution is 2.40. The van der Waals surface area contributed by atoms with Crippen LogP contribution in [-0.4, -0.2) is 34.2 Å². The number of primary amides is 1. The number of amides is 1. The molecule has 1 rings (SSSR count). The predicted molar refractivity (Wildman–Crippen MR) is 83.1 cm³/mol. The molecule has 0 fully saturated rings. The van der Waals surface area contributed by atoms with Crippen molar-refractivity contribution in [3.8, 4) is 0 Å². The minimum absolute atomic E-state index is 0.00237. The number of rotatable bonds is 6. The van der Waals surface area contributed by atoms with Crippen LogP contribution in [0.1, 0.15) is 29.9 Å². The van der Waals surface area contributed by atoms with Gasteiger partial charge in [-0.15, -0.1) is 11.3 Å². The molecule has 1 aromatic heterocycles. The van der Waals surface area contributed by atoms with E-state index in [0.717, 1.165) is 24.0 Å². The molecule has 0 spiro atoms. The van der Waals surface area contributed by atoms with E-state index in [1.54, 1.807) is 7.05 Å². The van der Waals surface area contributed by atoms with Gasteiger partial charge in [0.15, 0.2) is 9.84 Å². The Morgan fingerprint density at radius 3 is 2.35 bits per heavy atom. The van der Waals surface area contributed by atoms with Crippen molar-refractivity contribution in [2.45, 2.75) is 25.2 Å². The van der Waals surface area contributed by atoms with Gasteiger partial charge in [-0.3, -0.25) is 4.79 Å². The minimum atomic E-state index is -3.52. The standard InChI is InChI=1S/C12H21N3O3S2/c1-7(2)5-6-15(3)12-10(20(4,17)18)8(13)9(19-12)11(14)16/h7H,5-6,13H2,1-4H3,(H2,14,16). The Balaban J connectivity index is 3.31. The zero-order valence-electron chi connectivity index (χ0n) is 12.1. The number of carbonyl (C=O) groups excluding carboxylic acids is 1. The first-order chi connectivity index (χ1) is 9.05. The first kappa shape index (κ1) is 16.8. The zero-order valence-corrected chi connectivity index (χ0v) is 13.8. The van der Waals surface area contributed by atoms with Gasteiger partial charge in [-0.1, -0.05) is 13.8 Å². The highest BCUT2D eigenvalue weighted by atomic mass is 32.2. The summed E-state index contributed by atoms with van der Waals surface area (Å²) >= 11 is 1.03. The van der Waals surface area contributed by atoms with E-state index in [2.05, 4.69) is 13.8 Å². The fraction of sp³-hybridized carbons (Fsp3) is 0.583. The van der Waals surface area contributed by atoms with Crippen molar-refractivity contribution < 1.29 is 13.2 Å². The van der Waals surface area contributed by atoms with E-state index in [0.29, 0.717) is 17.5 Å². The second-order valence-electron chi connectivity index (χ2n) is 5.22. The topological polar surface area (TPSA) is 106 Å². The third-order valence-corrected chi connectivity index (χ3v) is 5.48. The second-order valence-corrected chi connectivity index (χ2v) is 8.17. The van der Waals surface area contributed by atoms with Crippen LogP contribution < -0.4 is 16.4 Å². The zero-order chi connectivity index (χ0) is 15.7. The quantitative estimate of drug-likeness (QED) is 0.822. The number of anilines is 2. The van der Waals surface area contributed by atoms with Crippen molar-refractivity contribution >= 4 is 37.8 Å². The number of nitrogens with two attached hydrogens (primary N) is 2. The van der Waals surface area contributed by atoms with Gasteiger partial charge in [0.1, 0.15) is 14.8 Å². The Bertz CT molecular complexity index is 606. The van der Waals surface area contributed by atoms with E-state index in [9.17, 15) is 13.2 Å². The Hall–Kier alpha value is -1.28. The Kier molecular flexibility index (Phi) is 5.04. The van der Waals surface area contributed by atoms with E-state index in [1.807, 2.05) is 4.90 Å². The maximum atomic E-state index is 11.9. The largest absolute Gasteiger partial charge is 0.396 e. The van der Waals surface area contributed by atoms with Gasteiger partial charge >= 0.3 is 0 Å². The molecule has 0 aromatic carbocycles. The van der Waals surface area contributed by atoms with Crippen molar-refractivity contribution in [1.29, 1.82) is 0 Å². The highest BCUT2D eigenvalue weighted by molar-refractivity contribution is 7.91. The van der Waals surface area contributed by atoms with Gasteiger partial charge in [-0.2, -0.15) is 0 Å². The van der Waals surface area contributed by atoms with Crippen molar-refractivity contribution in [3.63, 3.8) is 0 Å². The molecule has 1 heterocycles. The van der Waals surface area contributed by atoms with Gasteiger partial charge in [-0.05, 0) is 12.3 Å². The molecule has 0 atom stereocenters. The van der Waals surface area contributed by atoms with Crippen LogP contribution in [0, 0.1) is 5.92 Å². The predicted octanol–water partition coefficient (Wildman–Crippen LogP) is 1.32. The number of hydrogen-bond acceptors (Lipinski definition) is 6. The van der Waals surface area contributed by atoms with Crippen LogP contribution in [0.25, 0.3) is 0 Å². The minimum Gasteiger partial charge on any atom is -0.396 e. The lowest BCUT2D eigenvalue weighted by molar-refractivity contribution is 0.100. The first-order valence-electron chi connectivity index (χ1n) is 6.19. The molecule has 4 N–H and O–H groups in total. The number of thiophene rings is 1. The lowest BCUT2D eigenvalue weighted by atomic mass is 10.1. The van der Waals surface area contributed by atoms with Gasteiger partial charge in [0, 0.05) is 19.8 Å². The molecule has 0 saturated carbocycles. The van der Waals surface area contributed by atoms with Gasteiger partial charge in [0.05, 0.1) is 5.69 Å². The Morgan fingerprint density at radius 1 is 1.40 bits per heavy atom. The maximum Gasteiger partial charge on any atom is 0.261 e. The average Bonchev–Trinajstić information content (AvgIpc) is 2.63. The molecule has 0 saturated heterocycles. The van der Waals surface area contributed by atoms with Gasteiger partial charge in [0.2, 0.25) is 0 Å². The van der Waals surface area contributed by atoms with E-state index >= 15 is 0 Å². The van der Waals surface area contributed by atoms with Crippen LogP contribution >= 0.6 is 11.3 Å². The third kappa shape index (κ3) is 3.63. The van der Waals surface area contributed by atoms with E-state index < -0.39 is 15.7 Å². The molecule has 1 aromatic rings. The van der Waals surface area contributed by atoms with Crippen molar-refractivity contribution in [3.05, 3.63) is 4.88 Å². The summed E-state index contributed by atoms with van der Waals surface area (Å²) in [4.78, 5) is 13.2. The molecule has 0 aliphatic carbocycles. The SMILES string of the molecule is CC(C)CCN(C)c1sc(C(N)=O)c(N)c1S(C)(=O)=O. The van der Waals surface area contributed by atoms with E-state index in [4.69, 9.17) is 11.5 Å². The average molecular weight is 319 g/mol. The molecule has 6 nitrogen and oxygen atoms in total. The molecular weight excluding hydrogens is 298 g/mol. The fourth-order valence-corrected chi connectivity index (χ4v) is 4.34. The maximum absolute atomic E-state index is 11.9. The van der Waals surface area contributed by atoms with Crippen LogP contribution in [0.15, 0.2) is 4.90 Å². The summed E-state index contributed by atoms with van der Waals surface area (Å²) < 4.78 is 23.8. The smallest absolute Gasteiger partial charge is 0.261 e. The summed E-state index contributed by atoms with van der Waals surface area (Å²) in [5, 5.41) is 0.472. The van der Waals surface area contributed by atoms with Crippen molar-refractivity contribution in [1.82, 2.24) is 0 Å². The molecular formula is C12H21N3O3S2. The van der Waals surface area contributed by atoms with Gasteiger partial charge in [0.25, 0.3) is 5.91 Å². The van der Waals surface area contributed by atoms with Crippen LogP contribution in [0.3, 0.4) is 0 Å². The van der Waals surface area contributed by atoms with Crippen molar-refractivity contribution in [2.24, 2.45) is 11.7 Å². The molecule has 8 heteroatoms. The number of nitrogens with zero attached hydrogens (tertiary/aromatic N) is 1. The lowest BCUT2D eigenvalue weighted by Crippen LogP contribution is -2.20.